The van der Waals surface area contributed by atoms with Crippen molar-refractivity contribution >= 4 is 0 Å². The minimum absolute atomic E-state index is 0. The van der Waals surface area contributed by atoms with Crippen molar-refractivity contribution in [1.82, 2.24) is 0 Å². The van der Waals surface area contributed by atoms with Gasteiger partial charge in [0.25, 0.3) is 5.09 Å². The third kappa shape index (κ3) is 47000. The summed E-state index contributed by atoms with van der Waals surface area (Å²) in [6.45, 7) is 0. The number of rotatable bonds is 0. The molecular weight excluding hydrogens is 217 g/mol. The second kappa shape index (κ2) is 44.4. The minimum atomic E-state index is -1.50. The van der Waals surface area contributed by atoms with E-state index in [2.05, 4.69) is 0 Å². The Morgan fingerprint density at radius 3 is 1.11 bits per heavy atom. The first-order valence-corrected chi connectivity index (χ1v) is 0.565. The van der Waals surface area contributed by atoms with Crippen molar-refractivity contribution < 1.29 is 58.4 Å². The van der Waals surface area contributed by atoms with Crippen LogP contribution in [-0.4, -0.2) is 32.2 Å². The second-order valence-electron chi connectivity index (χ2n) is 0.238. The van der Waals surface area contributed by atoms with Crippen molar-refractivity contribution in [2.24, 2.45) is 0 Å². The van der Waals surface area contributed by atoms with Gasteiger partial charge >= 0.3 is 0 Å². The largest absolute Gasteiger partial charge is 0.412 e. The molecule has 0 atom stereocenters. The van der Waals surface area contributed by atoms with Gasteiger partial charge in [-0.1, -0.05) is 0 Å². The van der Waals surface area contributed by atoms with Gasteiger partial charge in [-0.3, -0.25) is 0 Å². The molecule has 8 nitrogen and oxygen atoms in total. The zero-order valence-electron chi connectivity index (χ0n) is 4.21. The SMILES string of the molecule is O.O.O.O.O=[N+]([O-])O.[Zr]. The molecule has 0 radical (unpaired) electrons. The van der Waals surface area contributed by atoms with Crippen molar-refractivity contribution in [2.45, 2.75) is 0 Å². The summed E-state index contributed by atoms with van der Waals surface area (Å²) in [5, 5.41) is 13.6. The van der Waals surface area contributed by atoms with Crippen LogP contribution in [-0.2, 0) is 26.2 Å². The van der Waals surface area contributed by atoms with Crippen molar-refractivity contribution in [3.05, 3.63) is 10.1 Å². The van der Waals surface area contributed by atoms with E-state index in [9.17, 15) is 0 Å². The number of hydrogen-bond donors (Lipinski definition) is 1. The van der Waals surface area contributed by atoms with Crippen molar-refractivity contribution in [1.29, 1.82) is 0 Å². The zero-order valence-corrected chi connectivity index (χ0v) is 6.67. The predicted molar refractivity (Wildman–Crippen MR) is 23.2 cm³/mol. The van der Waals surface area contributed by atoms with Crippen LogP contribution in [0.2, 0.25) is 0 Å². The van der Waals surface area contributed by atoms with Gasteiger partial charge in [-0.2, -0.15) is 0 Å². The predicted octanol–water partition coefficient (Wildman–Crippen LogP) is -3.65. The fraction of sp³-hybridized carbons (Fsp3) is 0. The average Bonchev–Trinajstić information content (AvgIpc) is 0.811. The monoisotopic (exact) mass is 225 g/mol. The van der Waals surface area contributed by atoms with Gasteiger partial charge < -0.3 is 27.1 Å². The van der Waals surface area contributed by atoms with E-state index in [-0.39, 0.29) is 48.1 Å². The summed E-state index contributed by atoms with van der Waals surface area (Å²) in [5.41, 5.74) is 0. The summed E-state index contributed by atoms with van der Waals surface area (Å²) in [5.74, 6) is 0. The van der Waals surface area contributed by atoms with Gasteiger partial charge in [0.2, 0.25) is 0 Å². The molecule has 9 heteroatoms. The molecule has 0 spiro atoms. The molecule has 9 N–H and O–H groups in total. The molecule has 0 heterocycles. The van der Waals surface area contributed by atoms with Crippen LogP contribution >= 0.6 is 0 Å². The van der Waals surface area contributed by atoms with Crippen molar-refractivity contribution in [2.75, 3.05) is 0 Å². The van der Waals surface area contributed by atoms with E-state index in [0.29, 0.717) is 0 Å². The average molecular weight is 226 g/mol. The van der Waals surface area contributed by atoms with Crippen molar-refractivity contribution in [3.8, 4) is 0 Å². The van der Waals surface area contributed by atoms with Crippen LogP contribution in [0.1, 0.15) is 0 Å². The maximum Gasteiger partial charge on any atom is 0.291 e. The molecule has 0 saturated heterocycles. The van der Waals surface area contributed by atoms with E-state index in [1.807, 2.05) is 0 Å². The fourth-order valence-corrected chi connectivity index (χ4v) is 0. The third-order valence-electron chi connectivity index (χ3n) is 0. The second-order valence-corrected chi connectivity index (χ2v) is 0.238. The summed E-state index contributed by atoms with van der Waals surface area (Å²) in [6.07, 6.45) is 0. The van der Waals surface area contributed by atoms with Crippen LogP contribution in [0, 0.1) is 10.1 Å². The Labute approximate surface area is 68.9 Å². The molecule has 0 aromatic rings. The normalized spacial score (nSPS) is 2.67. The van der Waals surface area contributed by atoms with Gasteiger partial charge in [-0.25, -0.2) is 0 Å². The standard InChI is InChI=1S/HNO3.4H2O.Zr/c2-1(3)4;;;;;/h(H,2,3,4);4*1H2;. The molecule has 0 saturated carbocycles. The molecule has 0 aliphatic rings. The van der Waals surface area contributed by atoms with E-state index in [1.165, 1.54) is 0 Å². The summed E-state index contributed by atoms with van der Waals surface area (Å²) < 4.78 is 0. The Balaban J connectivity index is -0.00000000450. The van der Waals surface area contributed by atoms with Gasteiger partial charge in [0.15, 0.2) is 0 Å². The van der Waals surface area contributed by atoms with Crippen molar-refractivity contribution in [3.63, 3.8) is 0 Å². The number of hydrogen-bond acceptors (Lipinski definition) is 2. The molecule has 0 aliphatic heterocycles. The Kier molecular flexibility index (Phi) is 324. The van der Waals surface area contributed by atoms with E-state index in [4.69, 9.17) is 15.3 Å². The third-order valence-corrected chi connectivity index (χ3v) is 0. The molecule has 0 fully saturated rings. The summed E-state index contributed by atoms with van der Waals surface area (Å²) >= 11 is 0. The molecule has 0 aromatic heterocycles. The molecule has 0 rings (SSSR count). The van der Waals surface area contributed by atoms with Crippen LogP contribution < -0.4 is 0 Å². The van der Waals surface area contributed by atoms with Crippen LogP contribution in [0.5, 0.6) is 0 Å². The Morgan fingerprint density at radius 1 is 1.11 bits per heavy atom. The first-order valence-electron chi connectivity index (χ1n) is 0.565. The Morgan fingerprint density at radius 2 is 1.11 bits per heavy atom. The maximum atomic E-state index is 8.36. The molecule has 0 unspecified atom stereocenters. The molecule has 9 heavy (non-hydrogen) atoms. The molecule has 60 valence electrons. The van der Waals surface area contributed by atoms with Crippen LogP contribution in [0.25, 0.3) is 0 Å². The minimum Gasteiger partial charge on any atom is -0.412 e. The molecule has 0 amide bonds. The summed E-state index contributed by atoms with van der Waals surface area (Å²) in [4.78, 5) is 8.36. The Hall–Kier alpha value is -0.0769. The van der Waals surface area contributed by atoms with Gasteiger partial charge in [-0.05, 0) is 0 Å². The van der Waals surface area contributed by atoms with Gasteiger partial charge in [-0.15, -0.1) is 10.1 Å². The van der Waals surface area contributed by atoms with E-state index >= 15 is 0 Å². The summed E-state index contributed by atoms with van der Waals surface area (Å²) in [6, 6.07) is 0. The zero-order chi connectivity index (χ0) is 3.58. The van der Waals surface area contributed by atoms with E-state index < -0.39 is 5.09 Å². The topological polar surface area (TPSA) is 189 Å². The van der Waals surface area contributed by atoms with Gasteiger partial charge in [0.05, 0.1) is 0 Å². The van der Waals surface area contributed by atoms with Gasteiger partial charge in [0, 0.05) is 26.2 Å². The first-order chi connectivity index (χ1) is 1.73. The summed E-state index contributed by atoms with van der Waals surface area (Å²) in [7, 11) is 0. The molecule has 0 aromatic carbocycles. The van der Waals surface area contributed by atoms with E-state index in [1.54, 1.807) is 0 Å². The van der Waals surface area contributed by atoms with Crippen LogP contribution in [0.3, 0.4) is 0 Å². The van der Waals surface area contributed by atoms with Crippen LogP contribution in [0.15, 0.2) is 0 Å². The first kappa shape index (κ1) is 65.6. The van der Waals surface area contributed by atoms with Crippen LogP contribution in [0.4, 0.5) is 0 Å². The molecular formula is H9NO7Zr. The maximum absolute atomic E-state index is 8.36. The Bertz CT molecular complexity index is 31.9. The smallest absolute Gasteiger partial charge is 0.291 e. The quantitative estimate of drug-likeness (QED) is 0.329. The molecule has 0 aliphatic carbocycles. The van der Waals surface area contributed by atoms with Gasteiger partial charge in [0.1, 0.15) is 0 Å². The molecule has 0 bridgehead atoms. The fourth-order valence-electron chi connectivity index (χ4n) is 0. The number of nitrogens with zero attached hydrogens (tertiary/aromatic N) is 1. The van der Waals surface area contributed by atoms with E-state index in [0.717, 1.165) is 0 Å².